The Morgan fingerprint density at radius 3 is 2.52 bits per heavy atom. The van der Waals surface area contributed by atoms with Gasteiger partial charge in [-0.2, -0.15) is 0 Å². The minimum absolute atomic E-state index is 0.418. The maximum absolute atomic E-state index is 12.0. The van der Waals surface area contributed by atoms with Crippen molar-refractivity contribution in [2.24, 2.45) is 5.16 Å². The second-order valence-electron chi connectivity index (χ2n) is 5.65. The first-order chi connectivity index (χ1) is 12.2. The van der Waals surface area contributed by atoms with Crippen LogP contribution in [0.3, 0.4) is 0 Å². The molecule has 3 rings (SSSR count). The largest absolute Gasteiger partial charge is 0.494 e. The number of oxime groups is 1. The van der Waals surface area contributed by atoms with Crippen molar-refractivity contribution in [2.75, 3.05) is 6.61 Å². The predicted molar refractivity (Wildman–Crippen MR) is 98.9 cm³/mol. The molecule has 1 aliphatic heterocycles. The van der Waals surface area contributed by atoms with E-state index >= 15 is 0 Å². The summed E-state index contributed by atoms with van der Waals surface area (Å²) in [6.45, 7) is 2.83. The van der Waals surface area contributed by atoms with Crippen molar-refractivity contribution in [3.63, 3.8) is 0 Å². The molecule has 1 heterocycles. The van der Waals surface area contributed by atoms with E-state index in [-0.39, 0.29) is 0 Å². The molecule has 0 amide bonds. The minimum atomic E-state index is -0.465. The Morgan fingerprint density at radius 2 is 1.84 bits per heavy atom. The number of nitrogens with zero attached hydrogens (tertiary/aromatic N) is 1. The van der Waals surface area contributed by atoms with Crippen molar-refractivity contribution in [2.45, 2.75) is 19.8 Å². The molecule has 0 saturated carbocycles. The van der Waals surface area contributed by atoms with Gasteiger partial charge < -0.3 is 9.57 Å². The van der Waals surface area contributed by atoms with Gasteiger partial charge in [-0.05, 0) is 42.3 Å². The fourth-order valence-corrected chi connectivity index (χ4v) is 2.51. The number of hydrogen-bond acceptors (Lipinski definition) is 4. The first-order valence-corrected chi connectivity index (χ1v) is 8.55. The smallest absolute Gasteiger partial charge is 0.368 e. The number of rotatable bonds is 6. The Kier molecular flexibility index (Phi) is 5.51. The molecule has 0 spiro atoms. The van der Waals surface area contributed by atoms with Gasteiger partial charge in [0.25, 0.3) is 0 Å². The van der Waals surface area contributed by atoms with Crippen molar-refractivity contribution in [3.8, 4) is 5.75 Å². The molecule has 0 N–H and O–H groups in total. The van der Waals surface area contributed by atoms with Gasteiger partial charge in [0.2, 0.25) is 0 Å². The number of halogens is 1. The lowest BCUT2D eigenvalue weighted by molar-refractivity contribution is -0.136. The molecular weight excluding hydrogens is 338 g/mol. The highest BCUT2D eigenvalue weighted by Gasteiger charge is 2.26. The maximum Gasteiger partial charge on any atom is 0.368 e. The zero-order valence-corrected chi connectivity index (χ0v) is 14.6. The molecular formula is C20H18ClNO3. The summed E-state index contributed by atoms with van der Waals surface area (Å²) in [7, 11) is 0. The molecule has 5 heteroatoms. The van der Waals surface area contributed by atoms with Crippen LogP contribution in [0.15, 0.2) is 59.3 Å². The summed E-state index contributed by atoms with van der Waals surface area (Å²) in [5.74, 6) is 0.351. The van der Waals surface area contributed by atoms with Crippen LogP contribution in [-0.4, -0.2) is 18.3 Å². The molecule has 4 nitrogen and oxygen atoms in total. The Morgan fingerprint density at radius 1 is 1.12 bits per heavy atom. The molecule has 0 saturated heterocycles. The molecule has 2 aromatic rings. The molecule has 0 unspecified atom stereocenters. The fraction of sp³-hybridized carbons (Fsp3) is 0.200. The molecule has 1 aliphatic rings. The second-order valence-corrected chi connectivity index (χ2v) is 6.09. The third kappa shape index (κ3) is 4.28. The van der Waals surface area contributed by atoms with E-state index in [1.54, 1.807) is 18.2 Å². The summed E-state index contributed by atoms with van der Waals surface area (Å²) in [6.07, 6.45) is 3.89. The van der Waals surface area contributed by atoms with E-state index in [1.807, 2.05) is 36.4 Å². The first kappa shape index (κ1) is 17.2. The van der Waals surface area contributed by atoms with Gasteiger partial charge in [0.05, 0.1) is 12.2 Å². The highest BCUT2D eigenvalue weighted by molar-refractivity contribution is 6.32. The molecule has 0 aromatic heterocycles. The van der Waals surface area contributed by atoms with Crippen LogP contribution < -0.4 is 4.74 Å². The van der Waals surface area contributed by atoms with Gasteiger partial charge in [-0.1, -0.05) is 54.4 Å². The third-order valence-corrected chi connectivity index (χ3v) is 4.02. The van der Waals surface area contributed by atoms with Crippen molar-refractivity contribution in [3.05, 3.63) is 70.3 Å². The standard InChI is InChI=1S/C20H18ClNO3/c1-2-3-12-24-17-10-4-14(5-11-17)13-18-19(22-25-20(18)23)15-6-8-16(21)9-7-15/h4-11,13H,2-3,12H2,1H3/b18-13+. The van der Waals surface area contributed by atoms with Crippen molar-refractivity contribution >= 4 is 29.4 Å². The lowest BCUT2D eigenvalue weighted by Gasteiger charge is -2.05. The zero-order valence-electron chi connectivity index (χ0n) is 13.9. The van der Waals surface area contributed by atoms with E-state index in [9.17, 15) is 4.79 Å². The summed E-state index contributed by atoms with van der Waals surface area (Å²) in [4.78, 5) is 16.9. The van der Waals surface area contributed by atoms with E-state index in [1.165, 1.54) is 0 Å². The number of hydrogen-bond donors (Lipinski definition) is 0. The van der Waals surface area contributed by atoms with E-state index in [4.69, 9.17) is 21.2 Å². The normalized spacial score (nSPS) is 15.2. The van der Waals surface area contributed by atoms with E-state index in [2.05, 4.69) is 12.1 Å². The molecule has 0 fully saturated rings. The monoisotopic (exact) mass is 355 g/mol. The zero-order chi connectivity index (χ0) is 17.6. The number of carbonyl (C=O) groups excluding carboxylic acids is 1. The maximum atomic E-state index is 12.0. The third-order valence-electron chi connectivity index (χ3n) is 3.77. The predicted octanol–water partition coefficient (Wildman–Crippen LogP) is 4.86. The van der Waals surface area contributed by atoms with Gasteiger partial charge in [0.15, 0.2) is 0 Å². The number of benzene rings is 2. The van der Waals surface area contributed by atoms with Crippen LogP contribution in [0.25, 0.3) is 6.08 Å². The second kappa shape index (κ2) is 7.99. The average Bonchev–Trinajstić information content (AvgIpc) is 2.98. The summed E-state index contributed by atoms with van der Waals surface area (Å²) in [6, 6.07) is 14.7. The average molecular weight is 356 g/mol. The summed E-state index contributed by atoms with van der Waals surface area (Å²) < 4.78 is 5.65. The van der Waals surface area contributed by atoms with E-state index in [0.717, 1.165) is 29.7 Å². The Balaban J connectivity index is 1.79. The SMILES string of the molecule is CCCCOc1ccc(/C=C2/C(=O)ON=C2c2ccc(Cl)cc2)cc1. The molecule has 0 bridgehead atoms. The summed E-state index contributed by atoms with van der Waals surface area (Å²) >= 11 is 5.91. The fourth-order valence-electron chi connectivity index (χ4n) is 2.39. The number of carbonyl (C=O) groups is 1. The minimum Gasteiger partial charge on any atom is -0.494 e. The molecule has 0 radical (unpaired) electrons. The Labute approximate surface area is 151 Å². The highest BCUT2D eigenvalue weighted by Crippen LogP contribution is 2.23. The van der Waals surface area contributed by atoms with Crippen molar-refractivity contribution in [1.82, 2.24) is 0 Å². The Bertz CT molecular complexity index is 808. The molecule has 25 heavy (non-hydrogen) atoms. The van der Waals surface area contributed by atoms with Gasteiger partial charge in [-0.25, -0.2) is 4.79 Å². The topological polar surface area (TPSA) is 47.9 Å². The Hall–Kier alpha value is -2.59. The van der Waals surface area contributed by atoms with Crippen molar-refractivity contribution < 1.29 is 14.4 Å². The van der Waals surface area contributed by atoms with Crippen LogP contribution in [0.5, 0.6) is 5.75 Å². The number of unbranched alkanes of at least 4 members (excludes halogenated alkanes) is 1. The van der Waals surface area contributed by atoms with Gasteiger partial charge in [0.1, 0.15) is 11.5 Å². The molecule has 2 aromatic carbocycles. The van der Waals surface area contributed by atoms with Gasteiger partial charge in [-0.3, -0.25) is 0 Å². The van der Waals surface area contributed by atoms with Crippen LogP contribution in [0.4, 0.5) is 0 Å². The van der Waals surface area contributed by atoms with Gasteiger partial charge >= 0.3 is 5.97 Å². The molecule has 0 aliphatic carbocycles. The summed E-state index contributed by atoms with van der Waals surface area (Å²) in [5, 5.41) is 4.52. The lowest BCUT2D eigenvalue weighted by atomic mass is 10.0. The summed E-state index contributed by atoms with van der Waals surface area (Å²) in [5.41, 5.74) is 2.58. The van der Waals surface area contributed by atoms with Gasteiger partial charge in [-0.15, -0.1) is 0 Å². The quantitative estimate of drug-likeness (QED) is 0.422. The van der Waals surface area contributed by atoms with Crippen LogP contribution in [0.1, 0.15) is 30.9 Å². The van der Waals surface area contributed by atoms with Gasteiger partial charge in [0, 0.05) is 10.6 Å². The highest BCUT2D eigenvalue weighted by atomic mass is 35.5. The first-order valence-electron chi connectivity index (χ1n) is 8.17. The van der Waals surface area contributed by atoms with E-state index in [0.29, 0.717) is 22.9 Å². The molecule has 128 valence electrons. The molecule has 0 atom stereocenters. The van der Waals surface area contributed by atoms with E-state index < -0.39 is 5.97 Å². The van der Waals surface area contributed by atoms with Crippen LogP contribution in [0, 0.1) is 0 Å². The van der Waals surface area contributed by atoms with Crippen LogP contribution in [0.2, 0.25) is 5.02 Å². The lowest BCUT2D eigenvalue weighted by Crippen LogP contribution is -2.06. The van der Waals surface area contributed by atoms with Crippen LogP contribution >= 0.6 is 11.6 Å². The van der Waals surface area contributed by atoms with Crippen molar-refractivity contribution in [1.29, 1.82) is 0 Å². The van der Waals surface area contributed by atoms with Crippen LogP contribution in [-0.2, 0) is 9.63 Å². The number of ether oxygens (including phenoxy) is 1.